The maximum absolute atomic E-state index is 14.6. The summed E-state index contributed by atoms with van der Waals surface area (Å²) in [5.74, 6) is 0.439. The second-order valence-electron chi connectivity index (χ2n) is 6.34. The Hall–Kier alpha value is -0.940. The van der Waals surface area contributed by atoms with E-state index in [-0.39, 0.29) is 6.04 Å². The molecule has 2 aliphatic rings. The Kier molecular flexibility index (Phi) is 3.82. The number of rotatable bonds is 3. The summed E-state index contributed by atoms with van der Waals surface area (Å²) >= 11 is 0. The van der Waals surface area contributed by atoms with Gasteiger partial charge in [0.25, 0.3) is 0 Å². The van der Waals surface area contributed by atoms with E-state index < -0.39 is 6.17 Å². The Morgan fingerprint density at radius 3 is 2.65 bits per heavy atom. The number of hydrogen-bond donors (Lipinski definition) is 0. The van der Waals surface area contributed by atoms with E-state index in [4.69, 9.17) is 4.74 Å². The van der Waals surface area contributed by atoms with Crippen LogP contribution in [0.25, 0.3) is 0 Å². The average Bonchev–Trinajstić information content (AvgIpc) is 2.69. The molecule has 2 atom stereocenters. The summed E-state index contributed by atoms with van der Waals surface area (Å²) in [5, 5.41) is 4.45. The summed E-state index contributed by atoms with van der Waals surface area (Å²) in [4.78, 5) is 2.23. The van der Waals surface area contributed by atoms with Crippen LogP contribution < -0.4 is 0 Å². The largest absolute Gasteiger partial charge is 0.378 e. The van der Waals surface area contributed by atoms with E-state index in [0.29, 0.717) is 18.5 Å². The van der Waals surface area contributed by atoms with Crippen LogP contribution in [0, 0.1) is 6.92 Å². The molecule has 0 aliphatic carbocycles. The minimum atomic E-state index is -0.844. The first-order chi connectivity index (χ1) is 9.58. The van der Waals surface area contributed by atoms with Crippen molar-refractivity contribution in [3.8, 4) is 0 Å². The lowest BCUT2D eigenvalue weighted by Gasteiger charge is -2.42. The number of hydrogen-bond acceptors (Lipinski definition) is 3. The minimum absolute atomic E-state index is 0.111. The van der Waals surface area contributed by atoms with Gasteiger partial charge in [-0.25, -0.2) is 4.39 Å². The molecule has 0 saturated carbocycles. The Morgan fingerprint density at radius 2 is 2.15 bits per heavy atom. The summed E-state index contributed by atoms with van der Waals surface area (Å²) in [7, 11) is 0. The Bertz CT molecular complexity index is 470. The maximum Gasteiger partial charge on any atom is 0.135 e. The number of nitrogens with zero attached hydrogens (tertiary/aromatic N) is 3. The van der Waals surface area contributed by atoms with Gasteiger partial charge < -0.3 is 4.74 Å². The van der Waals surface area contributed by atoms with Gasteiger partial charge in [-0.2, -0.15) is 5.10 Å². The Morgan fingerprint density at radius 1 is 1.40 bits per heavy atom. The molecule has 1 aromatic heterocycles. The fourth-order valence-corrected chi connectivity index (χ4v) is 3.30. The van der Waals surface area contributed by atoms with E-state index in [9.17, 15) is 4.39 Å². The molecule has 4 nitrogen and oxygen atoms in total. The van der Waals surface area contributed by atoms with Gasteiger partial charge in [-0.05, 0) is 24.8 Å². The molecule has 5 heteroatoms. The third-order valence-corrected chi connectivity index (χ3v) is 4.69. The molecule has 3 heterocycles. The minimum Gasteiger partial charge on any atom is -0.378 e. The standard InChI is InChI=1S/C15H24FN3O/c1-10(2)13-6-17-19(11(13)3)15-4-5-18(7-14(15)16)12-8-20-9-12/h6,10,12,14-15H,4-5,7-9H2,1-3H3/t14-,15?/m0/s1. The van der Waals surface area contributed by atoms with Gasteiger partial charge in [0, 0.05) is 18.8 Å². The zero-order chi connectivity index (χ0) is 14.3. The summed E-state index contributed by atoms with van der Waals surface area (Å²) in [6.07, 6.45) is 1.89. The van der Waals surface area contributed by atoms with Crippen LogP contribution in [0.1, 0.15) is 43.5 Å². The van der Waals surface area contributed by atoms with Crippen molar-refractivity contribution < 1.29 is 9.13 Å². The number of halogens is 1. The lowest BCUT2D eigenvalue weighted by atomic mass is 9.99. The normalized spacial score (nSPS) is 28.9. The van der Waals surface area contributed by atoms with Crippen LogP contribution in [0.5, 0.6) is 0 Å². The van der Waals surface area contributed by atoms with Crippen molar-refractivity contribution >= 4 is 0 Å². The van der Waals surface area contributed by atoms with Gasteiger partial charge in [-0.3, -0.25) is 9.58 Å². The highest BCUT2D eigenvalue weighted by molar-refractivity contribution is 5.20. The first-order valence-electron chi connectivity index (χ1n) is 7.57. The van der Waals surface area contributed by atoms with Crippen molar-refractivity contribution in [2.24, 2.45) is 0 Å². The van der Waals surface area contributed by atoms with Gasteiger partial charge in [0.2, 0.25) is 0 Å². The smallest absolute Gasteiger partial charge is 0.135 e. The van der Waals surface area contributed by atoms with E-state index in [1.807, 2.05) is 10.9 Å². The second kappa shape index (κ2) is 5.45. The Balaban J connectivity index is 1.72. The van der Waals surface area contributed by atoms with Crippen LogP contribution in [0.4, 0.5) is 4.39 Å². The molecule has 0 spiro atoms. The summed E-state index contributed by atoms with van der Waals surface area (Å²) in [6.45, 7) is 9.33. The van der Waals surface area contributed by atoms with Crippen LogP contribution in [-0.4, -0.2) is 53.2 Å². The molecule has 3 rings (SSSR count). The van der Waals surface area contributed by atoms with Gasteiger partial charge in [-0.15, -0.1) is 0 Å². The van der Waals surface area contributed by atoms with Crippen LogP contribution >= 0.6 is 0 Å². The van der Waals surface area contributed by atoms with Crippen LogP contribution in [0.3, 0.4) is 0 Å². The molecule has 0 bridgehead atoms. The van der Waals surface area contributed by atoms with Crippen molar-refractivity contribution in [1.29, 1.82) is 0 Å². The Labute approximate surface area is 119 Å². The fourth-order valence-electron chi connectivity index (χ4n) is 3.30. The first-order valence-corrected chi connectivity index (χ1v) is 7.57. The average molecular weight is 281 g/mol. The van der Waals surface area contributed by atoms with Crippen molar-refractivity contribution in [1.82, 2.24) is 14.7 Å². The molecule has 2 aliphatic heterocycles. The SMILES string of the molecule is Cc1c(C(C)C)cnn1C1CCN(C2COC2)C[C@@H]1F. The highest BCUT2D eigenvalue weighted by atomic mass is 19.1. The topological polar surface area (TPSA) is 30.3 Å². The lowest BCUT2D eigenvalue weighted by molar-refractivity contribution is -0.0848. The molecule has 20 heavy (non-hydrogen) atoms. The van der Waals surface area contributed by atoms with E-state index in [0.717, 1.165) is 31.9 Å². The molecule has 0 aromatic carbocycles. The molecular weight excluding hydrogens is 257 g/mol. The highest BCUT2D eigenvalue weighted by Gasteiger charge is 2.37. The van der Waals surface area contributed by atoms with E-state index in [1.165, 1.54) is 5.56 Å². The zero-order valence-corrected chi connectivity index (χ0v) is 12.6. The zero-order valence-electron chi connectivity index (χ0n) is 12.6. The number of likely N-dealkylation sites (tertiary alicyclic amines) is 1. The molecular formula is C15H24FN3O. The van der Waals surface area contributed by atoms with Crippen molar-refractivity contribution in [3.05, 3.63) is 17.5 Å². The van der Waals surface area contributed by atoms with E-state index in [1.54, 1.807) is 0 Å². The molecule has 2 saturated heterocycles. The van der Waals surface area contributed by atoms with Crippen LogP contribution in [0.15, 0.2) is 6.20 Å². The van der Waals surface area contributed by atoms with Gasteiger partial charge >= 0.3 is 0 Å². The van der Waals surface area contributed by atoms with Gasteiger partial charge in [-0.1, -0.05) is 13.8 Å². The lowest BCUT2D eigenvalue weighted by Crippen LogP contribution is -2.55. The highest BCUT2D eigenvalue weighted by Crippen LogP contribution is 2.30. The van der Waals surface area contributed by atoms with Gasteiger partial charge in [0.05, 0.1) is 31.5 Å². The molecule has 2 fully saturated rings. The molecule has 0 amide bonds. The number of ether oxygens (including phenoxy) is 1. The van der Waals surface area contributed by atoms with Crippen molar-refractivity contribution in [3.63, 3.8) is 0 Å². The summed E-state index contributed by atoms with van der Waals surface area (Å²) in [5.41, 5.74) is 2.35. The number of alkyl halides is 1. The second-order valence-corrected chi connectivity index (χ2v) is 6.34. The fraction of sp³-hybridized carbons (Fsp3) is 0.800. The van der Waals surface area contributed by atoms with E-state index >= 15 is 0 Å². The summed E-state index contributed by atoms with van der Waals surface area (Å²) in [6, 6.07) is 0.318. The van der Waals surface area contributed by atoms with E-state index in [2.05, 4.69) is 30.8 Å². The number of aromatic nitrogens is 2. The van der Waals surface area contributed by atoms with Crippen molar-refractivity contribution in [2.75, 3.05) is 26.3 Å². The molecule has 112 valence electrons. The molecule has 1 unspecified atom stereocenters. The monoisotopic (exact) mass is 281 g/mol. The third kappa shape index (κ3) is 2.37. The number of piperidine rings is 1. The maximum atomic E-state index is 14.6. The van der Waals surface area contributed by atoms with Gasteiger partial charge in [0.15, 0.2) is 0 Å². The first kappa shape index (κ1) is 14.0. The molecule has 0 radical (unpaired) electrons. The summed E-state index contributed by atoms with van der Waals surface area (Å²) < 4.78 is 21.7. The predicted molar refractivity (Wildman–Crippen MR) is 75.8 cm³/mol. The van der Waals surface area contributed by atoms with Gasteiger partial charge in [0.1, 0.15) is 6.17 Å². The van der Waals surface area contributed by atoms with Crippen molar-refractivity contribution in [2.45, 2.75) is 51.4 Å². The molecule has 0 N–H and O–H groups in total. The van der Waals surface area contributed by atoms with Crippen LogP contribution in [0.2, 0.25) is 0 Å². The third-order valence-electron chi connectivity index (χ3n) is 4.69. The quantitative estimate of drug-likeness (QED) is 0.851. The predicted octanol–water partition coefficient (Wildman–Crippen LogP) is 2.30. The van der Waals surface area contributed by atoms with Crippen LogP contribution in [-0.2, 0) is 4.74 Å². The molecule has 1 aromatic rings.